The lowest BCUT2D eigenvalue weighted by atomic mass is 10.2. The van der Waals surface area contributed by atoms with Crippen molar-refractivity contribution < 1.29 is 4.79 Å². The highest BCUT2D eigenvalue weighted by atomic mass is 35.5. The van der Waals surface area contributed by atoms with Gasteiger partial charge in [-0.1, -0.05) is 29.4 Å². The summed E-state index contributed by atoms with van der Waals surface area (Å²) in [4.78, 5) is 16.4. The van der Waals surface area contributed by atoms with Gasteiger partial charge in [0.05, 0.1) is 11.4 Å². The Hall–Kier alpha value is -3.15. The number of allylic oxidation sites excluding steroid dienone is 2. The summed E-state index contributed by atoms with van der Waals surface area (Å²) in [6.07, 6.45) is 3.34. The standard InChI is InChI=1S/C20H17ClN6OS/c1-12-16(21)4-3-5-17(12)27-19(14-6-8-24-9-7-14)25-26-20(27)29-11-18(28)15(10-22)13(2)23/h3-9H,11,23H2,1-2H3. The molecule has 29 heavy (non-hydrogen) atoms. The molecular formula is C20H17ClN6OS. The van der Waals surface area contributed by atoms with Crippen LogP contribution < -0.4 is 5.73 Å². The molecule has 0 spiro atoms. The molecule has 2 N–H and O–H groups in total. The number of nitriles is 1. The van der Waals surface area contributed by atoms with Gasteiger partial charge >= 0.3 is 0 Å². The molecule has 0 amide bonds. The molecule has 9 heteroatoms. The van der Waals surface area contributed by atoms with Gasteiger partial charge in [-0.3, -0.25) is 14.3 Å². The van der Waals surface area contributed by atoms with Gasteiger partial charge < -0.3 is 5.73 Å². The Kier molecular flexibility index (Phi) is 6.32. The molecule has 7 nitrogen and oxygen atoms in total. The second-order valence-electron chi connectivity index (χ2n) is 6.14. The van der Waals surface area contributed by atoms with Crippen LogP contribution in [0.3, 0.4) is 0 Å². The summed E-state index contributed by atoms with van der Waals surface area (Å²) in [6.45, 7) is 3.43. The third-order valence-electron chi connectivity index (χ3n) is 4.17. The van der Waals surface area contributed by atoms with Crippen LogP contribution in [0, 0.1) is 18.3 Å². The van der Waals surface area contributed by atoms with Crippen molar-refractivity contribution in [2.75, 3.05) is 5.75 Å². The van der Waals surface area contributed by atoms with Crippen molar-refractivity contribution in [2.24, 2.45) is 5.73 Å². The van der Waals surface area contributed by atoms with Crippen LogP contribution in [-0.2, 0) is 4.79 Å². The summed E-state index contributed by atoms with van der Waals surface area (Å²) in [5.74, 6) is 0.241. The predicted octanol–water partition coefficient (Wildman–Crippen LogP) is 3.71. The van der Waals surface area contributed by atoms with Crippen LogP contribution in [0.15, 0.2) is 59.2 Å². The number of thioether (sulfide) groups is 1. The van der Waals surface area contributed by atoms with Crippen LogP contribution in [0.25, 0.3) is 17.1 Å². The van der Waals surface area contributed by atoms with Gasteiger partial charge in [-0.2, -0.15) is 5.26 Å². The number of carbonyl (C=O) groups excluding carboxylic acids is 1. The Bertz CT molecular complexity index is 1130. The fourth-order valence-electron chi connectivity index (χ4n) is 2.68. The second-order valence-corrected chi connectivity index (χ2v) is 7.49. The number of nitrogens with zero attached hydrogens (tertiary/aromatic N) is 5. The topological polar surface area (TPSA) is 110 Å². The average molecular weight is 425 g/mol. The smallest absolute Gasteiger partial charge is 0.196 e. The van der Waals surface area contributed by atoms with Gasteiger partial charge in [0.15, 0.2) is 16.8 Å². The van der Waals surface area contributed by atoms with E-state index >= 15 is 0 Å². The van der Waals surface area contributed by atoms with Gasteiger partial charge in [0.2, 0.25) is 0 Å². The van der Waals surface area contributed by atoms with Crippen molar-refractivity contribution in [3.05, 3.63) is 64.6 Å². The van der Waals surface area contributed by atoms with Gasteiger partial charge in [-0.15, -0.1) is 10.2 Å². The van der Waals surface area contributed by atoms with Crippen molar-refractivity contribution in [3.8, 4) is 23.1 Å². The molecule has 3 aromatic rings. The molecule has 0 saturated carbocycles. The second kappa shape index (κ2) is 8.90. The zero-order valence-corrected chi connectivity index (χ0v) is 17.3. The van der Waals surface area contributed by atoms with Crippen LogP contribution in [0.1, 0.15) is 12.5 Å². The number of benzene rings is 1. The first-order valence-electron chi connectivity index (χ1n) is 8.57. The molecule has 0 aliphatic heterocycles. The minimum Gasteiger partial charge on any atom is -0.401 e. The van der Waals surface area contributed by atoms with Crippen molar-refractivity contribution in [2.45, 2.75) is 19.0 Å². The van der Waals surface area contributed by atoms with Crippen LogP contribution in [0.2, 0.25) is 5.02 Å². The fourth-order valence-corrected chi connectivity index (χ4v) is 3.67. The average Bonchev–Trinajstić information content (AvgIpc) is 3.13. The molecule has 0 aliphatic rings. The first-order valence-corrected chi connectivity index (χ1v) is 9.94. The highest BCUT2D eigenvalue weighted by molar-refractivity contribution is 7.99. The van der Waals surface area contributed by atoms with E-state index < -0.39 is 0 Å². The van der Waals surface area contributed by atoms with E-state index in [0.29, 0.717) is 16.0 Å². The van der Waals surface area contributed by atoms with E-state index in [1.54, 1.807) is 18.5 Å². The number of Topliss-reactive ketones (excluding diaryl/α,β-unsaturated/α-hetero) is 1. The lowest BCUT2D eigenvalue weighted by molar-refractivity contribution is -0.112. The predicted molar refractivity (Wildman–Crippen MR) is 113 cm³/mol. The van der Waals surface area contributed by atoms with Gasteiger partial charge in [0.1, 0.15) is 11.6 Å². The number of hydrogen-bond acceptors (Lipinski definition) is 7. The Balaban J connectivity index is 2.06. The number of nitrogens with two attached hydrogens (primary N) is 1. The maximum Gasteiger partial charge on any atom is 0.196 e. The van der Waals surface area contributed by atoms with Crippen LogP contribution in [-0.4, -0.2) is 31.3 Å². The highest BCUT2D eigenvalue weighted by Gasteiger charge is 2.20. The van der Waals surface area contributed by atoms with Crippen molar-refractivity contribution >= 4 is 29.1 Å². The number of halogens is 1. The molecule has 3 rings (SSSR count). The third-order valence-corrected chi connectivity index (χ3v) is 5.51. The summed E-state index contributed by atoms with van der Waals surface area (Å²) in [5.41, 5.74) is 8.26. The molecule has 0 atom stereocenters. The molecule has 2 heterocycles. The lowest BCUT2D eigenvalue weighted by Crippen LogP contribution is -2.11. The zero-order chi connectivity index (χ0) is 21.0. The molecule has 0 saturated heterocycles. The monoisotopic (exact) mass is 424 g/mol. The third kappa shape index (κ3) is 4.31. The summed E-state index contributed by atoms with van der Waals surface area (Å²) in [5, 5.41) is 18.8. The quantitative estimate of drug-likeness (QED) is 0.364. The molecule has 0 radical (unpaired) electrons. The number of pyridine rings is 1. The molecule has 1 aromatic carbocycles. The maximum absolute atomic E-state index is 12.4. The first-order chi connectivity index (χ1) is 13.9. The highest BCUT2D eigenvalue weighted by Crippen LogP contribution is 2.31. The Labute approximate surface area is 177 Å². The Morgan fingerprint density at radius 2 is 2.00 bits per heavy atom. The van der Waals surface area contributed by atoms with Gasteiger partial charge in [-0.05, 0) is 43.7 Å². The molecule has 146 valence electrons. The van der Waals surface area contributed by atoms with Crippen LogP contribution in [0.5, 0.6) is 0 Å². The molecule has 0 aliphatic carbocycles. The van der Waals surface area contributed by atoms with E-state index in [4.69, 9.17) is 22.6 Å². The number of rotatable bonds is 6. The van der Waals surface area contributed by atoms with E-state index in [1.807, 2.05) is 41.8 Å². The van der Waals surface area contributed by atoms with Crippen molar-refractivity contribution in [1.29, 1.82) is 5.26 Å². The van der Waals surface area contributed by atoms with Gasteiger partial charge in [0.25, 0.3) is 0 Å². The number of ketones is 1. The van der Waals surface area contributed by atoms with Crippen molar-refractivity contribution in [1.82, 2.24) is 19.7 Å². The number of carbonyl (C=O) groups is 1. The van der Waals surface area contributed by atoms with Gasteiger partial charge in [-0.25, -0.2) is 0 Å². The maximum atomic E-state index is 12.4. The SMILES string of the molecule is CC(N)=C(C#N)C(=O)CSc1nnc(-c2ccncc2)n1-c1cccc(Cl)c1C. The largest absolute Gasteiger partial charge is 0.401 e. The van der Waals surface area contributed by atoms with Crippen LogP contribution >= 0.6 is 23.4 Å². The van der Waals surface area contributed by atoms with Crippen LogP contribution in [0.4, 0.5) is 0 Å². The zero-order valence-electron chi connectivity index (χ0n) is 15.8. The summed E-state index contributed by atoms with van der Waals surface area (Å²) >= 11 is 7.50. The van der Waals surface area contributed by atoms with E-state index in [9.17, 15) is 4.79 Å². The minimum atomic E-state index is -0.361. The minimum absolute atomic E-state index is 0.00548. The summed E-state index contributed by atoms with van der Waals surface area (Å²) < 4.78 is 1.85. The Morgan fingerprint density at radius 1 is 1.28 bits per heavy atom. The number of aromatic nitrogens is 4. The first kappa shape index (κ1) is 20.6. The van der Waals surface area contributed by atoms with E-state index in [2.05, 4.69) is 15.2 Å². The molecule has 0 bridgehead atoms. The van der Waals surface area contributed by atoms with Gasteiger partial charge in [0, 0.05) is 28.7 Å². The fraction of sp³-hybridized carbons (Fsp3) is 0.150. The number of hydrogen-bond donors (Lipinski definition) is 1. The normalized spacial score (nSPS) is 11.7. The molecular weight excluding hydrogens is 408 g/mol. The van der Waals surface area contributed by atoms with Crippen molar-refractivity contribution in [3.63, 3.8) is 0 Å². The molecule has 2 aromatic heterocycles. The molecule has 0 fully saturated rings. The van der Waals surface area contributed by atoms with E-state index in [-0.39, 0.29) is 22.8 Å². The Morgan fingerprint density at radius 3 is 2.66 bits per heavy atom. The summed E-state index contributed by atoms with van der Waals surface area (Å²) in [6, 6.07) is 11.1. The van der Waals surface area contributed by atoms with E-state index in [0.717, 1.165) is 16.8 Å². The lowest BCUT2D eigenvalue weighted by Gasteiger charge is -2.13. The van der Waals surface area contributed by atoms with E-state index in [1.165, 1.54) is 18.7 Å². The summed E-state index contributed by atoms with van der Waals surface area (Å²) in [7, 11) is 0. The molecule has 0 unspecified atom stereocenters.